The first-order valence-corrected chi connectivity index (χ1v) is 6.04. The fraction of sp³-hybridized carbons (Fsp3) is 0.125. The molecule has 0 aliphatic carbocycles. The molecule has 2 aromatic carbocycles. The molecule has 3 rings (SSSR count). The molecule has 0 unspecified atom stereocenters. The molecule has 84 valence electrons. The van der Waals surface area contributed by atoms with Crippen molar-refractivity contribution in [2.45, 2.75) is 13.3 Å². The van der Waals surface area contributed by atoms with Crippen molar-refractivity contribution >= 4 is 10.9 Å². The maximum atomic E-state index is 3.49. The molecule has 0 radical (unpaired) electrons. The van der Waals surface area contributed by atoms with Crippen molar-refractivity contribution in [3.05, 3.63) is 60.2 Å². The lowest BCUT2D eigenvalue weighted by atomic mass is 10.1. The Morgan fingerprint density at radius 1 is 0.941 bits per heavy atom. The third-order valence-corrected chi connectivity index (χ3v) is 3.18. The summed E-state index contributed by atoms with van der Waals surface area (Å²) in [4.78, 5) is 3.49. The van der Waals surface area contributed by atoms with Crippen LogP contribution in [0.1, 0.15) is 12.5 Å². The first-order valence-electron chi connectivity index (χ1n) is 6.04. The van der Waals surface area contributed by atoms with Gasteiger partial charge in [0.25, 0.3) is 0 Å². The van der Waals surface area contributed by atoms with Crippen LogP contribution in [0.3, 0.4) is 0 Å². The average Bonchev–Trinajstić information content (AvgIpc) is 2.82. The maximum absolute atomic E-state index is 3.49. The van der Waals surface area contributed by atoms with Gasteiger partial charge in [0, 0.05) is 16.6 Å². The zero-order valence-electron chi connectivity index (χ0n) is 9.90. The highest BCUT2D eigenvalue weighted by atomic mass is 14.7. The summed E-state index contributed by atoms with van der Waals surface area (Å²) in [6, 6.07) is 19.3. The predicted molar refractivity (Wildman–Crippen MR) is 73.1 cm³/mol. The van der Waals surface area contributed by atoms with Crippen LogP contribution in [0.15, 0.2) is 54.6 Å². The molecule has 0 saturated carbocycles. The Morgan fingerprint density at radius 2 is 1.76 bits per heavy atom. The van der Waals surface area contributed by atoms with Crippen molar-refractivity contribution in [2.75, 3.05) is 0 Å². The van der Waals surface area contributed by atoms with Gasteiger partial charge in [0.05, 0.1) is 0 Å². The van der Waals surface area contributed by atoms with Gasteiger partial charge in [0.2, 0.25) is 0 Å². The lowest BCUT2D eigenvalue weighted by Gasteiger charge is -1.96. The molecule has 3 aromatic rings. The van der Waals surface area contributed by atoms with E-state index in [1.165, 1.54) is 27.7 Å². The molecule has 0 fully saturated rings. The van der Waals surface area contributed by atoms with Crippen LogP contribution in [-0.2, 0) is 6.42 Å². The number of hydrogen-bond acceptors (Lipinski definition) is 0. The largest absolute Gasteiger partial charge is 0.355 e. The van der Waals surface area contributed by atoms with Crippen LogP contribution in [0, 0.1) is 0 Å². The summed E-state index contributed by atoms with van der Waals surface area (Å²) in [5, 5.41) is 1.28. The van der Waals surface area contributed by atoms with Gasteiger partial charge in [-0.2, -0.15) is 0 Å². The molecule has 0 aliphatic heterocycles. The number of aromatic nitrogens is 1. The highest BCUT2D eigenvalue weighted by molar-refractivity contribution is 5.86. The summed E-state index contributed by atoms with van der Waals surface area (Å²) >= 11 is 0. The molecule has 1 aromatic heterocycles. The van der Waals surface area contributed by atoms with Gasteiger partial charge in [-0.25, -0.2) is 0 Å². The highest BCUT2D eigenvalue weighted by Crippen LogP contribution is 2.24. The van der Waals surface area contributed by atoms with Crippen LogP contribution in [0.4, 0.5) is 0 Å². The van der Waals surface area contributed by atoms with E-state index >= 15 is 0 Å². The number of hydrogen-bond donors (Lipinski definition) is 1. The van der Waals surface area contributed by atoms with Gasteiger partial charge in [-0.05, 0) is 29.7 Å². The number of rotatable bonds is 2. The zero-order chi connectivity index (χ0) is 11.7. The number of aryl methyl sites for hydroxylation is 1. The standard InChI is InChI=1S/C16H15N/c1-2-12-8-9-14-11-16(17-15(14)10-12)13-6-4-3-5-7-13/h3-11,17H,2H2,1H3. The van der Waals surface area contributed by atoms with Gasteiger partial charge in [0.1, 0.15) is 0 Å². The van der Waals surface area contributed by atoms with Crippen molar-refractivity contribution < 1.29 is 0 Å². The number of nitrogens with one attached hydrogen (secondary N) is 1. The Morgan fingerprint density at radius 3 is 2.53 bits per heavy atom. The lowest BCUT2D eigenvalue weighted by molar-refractivity contribution is 1.14. The quantitative estimate of drug-likeness (QED) is 0.660. The summed E-state index contributed by atoms with van der Waals surface area (Å²) in [5.74, 6) is 0. The van der Waals surface area contributed by atoms with Crippen LogP contribution in [-0.4, -0.2) is 4.98 Å². The first kappa shape index (κ1) is 10.2. The van der Waals surface area contributed by atoms with Gasteiger partial charge >= 0.3 is 0 Å². The second-order valence-electron chi connectivity index (χ2n) is 4.32. The molecule has 0 bridgehead atoms. The molecule has 1 nitrogen and oxygen atoms in total. The lowest BCUT2D eigenvalue weighted by Crippen LogP contribution is -1.78. The summed E-state index contributed by atoms with van der Waals surface area (Å²) in [6.45, 7) is 2.18. The van der Waals surface area contributed by atoms with E-state index in [1.54, 1.807) is 0 Å². The number of H-pyrrole nitrogens is 1. The van der Waals surface area contributed by atoms with E-state index in [0.717, 1.165) is 6.42 Å². The first-order chi connectivity index (χ1) is 8.36. The fourth-order valence-corrected chi connectivity index (χ4v) is 2.17. The molecular weight excluding hydrogens is 206 g/mol. The normalized spacial score (nSPS) is 10.9. The van der Waals surface area contributed by atoms with Gasteiger partial charge in [-0.3, -0.25) is 0 Å². The van der Waals surface area contributed by atoms with Crippen LogP contribution in [0.25, 0.3) is 22.2 Å². The van der Waals surface area contributed by atoms with Crippen molar-refractivity contribution in [3.8, 4) is 11.3 Å². The molecule has 0 spiro atoms. The average molecular weight is 221 g/mol. The maximum Gasteiger partial charge on any atom is 0.0464 e. The Hall–Kier alpha value is -2.02. The third-order valence-electron chi connectivity index (χ3n) is 3.18. The van der Waals surface area contributed by atoms with E-state index in [1.807, 2.05) is 6.07 Å². The number of fused-ring (bicyclic) bond motifs is 1. The van der Waals surface area contributed by atoms with Crippen LogP contribution in [0.2, 0.25) is 0 Å². The molecule has 1 N–H and O–H groups in total. The van der Waals surface area contributed by atoms with E-state index in [9.17, 15) is 0 Å². The van der Waals surface area contributed by atoms with Gasteiger partial charge in [-0.15, -0.1) is 0 Å². The van der Waals surface area contributed by atoms with E-state index in [4.69, 9.17) is 0 Å². The number of aromatic amines is 1. The van der Waals surface area contributed by atoms with Crippen LogP contribution >= 0.6 is 0 Å². The summed E-state index contributed by atoms with van der Waals surface area (Å²) in [5.41, 5.74) is 5.03. The minimum Gasteiger partial charge on any atom is -0.355 e. The second kappa shape index (κ2) is 4.10. The molecule has 0 atom stereocenters. The molecular formula is C16H15N. The van der Waals surface area contributed by atoms with E-state index in [-0.39, 0.29) is 0 Å². The number of benzene rings is 2. The molecule has 0 amide bonds. The highest BCUT2D eigenvalue weighted by Gasteiger charge is 2.02. The van der Waals surface area contributed by atoms with Crippen molar-refractivity contribution in [2.24, 2.45) is 0 Å². The summed E-state index contributed by atoms with van der Waals surface area (Å²) in [6.07, 6.45) is 1.08. The Labute approximate surface area is 101 Å². The second-order valence-corrected chi connectivity index (χ2v) is 4.32. The predicted octanol–water partition coefficient (Wildman–Crippen LogP) is 4.40. The van der Waals surface area contributed by atoms with Gasteiger partial charge in [0.15, 0.2) is 0 Å². The molecule has 1 heterocycles. The van der Waals surface area contributed by atoms with Crippen LogP contribution in [0.5, 0.6) is 0 Å². The fourth-order valence-electron chi connectivity index (χ4n) is 2.17. The Kier molecular flexibility index (Phi) is 2.45. The SMILES string of the molecule is CCc1ccc2cc(-c3ccccc3)[nH]c2c1. The van der Waals surface area contributed by atoms with E-state index < -0.39 is 0 Å². The Balaban J connectivity index is 2.14. The monoisotopic (exact) mass is 221 g/mol. The van der Waals surface area contributed by atoms with Crippen LogP contribution < -0.4 is 0 Å². The van der Waals surface area contributed by atoms with Crippen molar-refractivity contribution in [1.82, 2.24) is 4.98 Å². The zero-order valence-corrected chi connectivity index (χ0v) is 9.90. The molecule has 17 heavy (non-hydrogen) atoms. The molecule has 1 heteroatoms. The topological polar surface area (TPSA) is 15.8 Å². The summed E-state index contributed by atoms with van der Waals surface area (Å²) < 4.78 is 0. The molecule has 0 saturated heterocycles. The minimum absolute atomic E-state index is 1.08. The van der Waals surface area contributed by atoms with E-state index in [0.29, 0.717) is 0 Å². The van der Waals surface area contributed by atoms with E-state index in [2.05, 4.69) is 60.4 Å². The summed E-state index contributed by atoms with van der Waals surface area (Å²) in [7, 11) is 0. The van der Waals surface area contributed by atoms with Gasteiger partial charge in [-0.1, -0.05) is 49.4 Å². The Bertz CT molecular complexity index is 635. The third kappa shape index (κ3) is 1.84. The van der Waals surface area contributed by atoms with Gasteiger partial charge < -0.3 is 4.98 Å². The smallest absolute Gasteiger partial charge is 0.0464 e. The van der Waals surface area contributed by atoms with Crippen molar-refractivity contribution in [1.29, 1.82) is 0 Å². The molecule has 0 aliphatic rings. The minimum atomic E-state index is 1.08. The van der Waals surface area contributed by atoms with Crippen molar-refractivity contribution in [3.63, 3.8) is 0 Å².